The molecule has 2 nitrogen and oxygen atoms in total. The van der Waals surface area contributed by atoms with Crippen molar-refractivity contribution in [3.63, 3.8) is 0 Å². The van der Waals surface area contributed by atoms with Crippen LogP contribution >= 0.6 is 0 Å². The second-order valence-corrected chi connectivity index (χ2v) is 7.63. The van der Waals surface area contributed by atoms with Gasteiger partial charge in [-0.25, -0.2) is 0 Å². The monoisotopic (exact) mass is 284 g/mol. The van der Waals surface area contributed by atoms with E-state index in [1.165, 1.54) is 0 Å². The molecule has 0 aromatic carbocycles. The van der Waals surface area contributed by atoms with Crippen LogP contribution in [0.25, 0.3) is 0 Å². The van der Waals surface area contributed by atoms with Crippen molar-refractivity contribution >= 4 is 5.97 Å². The largest absolute Gasteiger partial charge is 0.459 e. The van der Waals surface area contributed by atoms with Gasteiger partial charge in [0, 0.05) is 0 Å². The maximum atomic E-state index is 12.8. The number of carbonyl (C=O) groups is 1. The molecule has 0 N–H and O–H groups in total. The van der Waals surface area contributed by atoms with Crippen LogP contribution in [0.15, 0.2) is 0 Å². The first-order chi connectivity index (χ1) is 9.06. The topological polar surface area (TPSA) is 26.3 Å². The third-order valence-electron chi connectivity index (χ3n) is 5.00. The van der Waals surface area contributed by atoms with Gasteiger partial charge in [-0.05, 0) is 44.9 Å². The number of rotatable bonds is 8. The second-order valence-electron chi connectivity index (χ2n) is 7.63. The zero-order valence-electron chi connectivity index (χ0n) is 15.1. The lowest BCUT2D eigenvalue weighted by molar-refractivity contribution is -0.178. The maximum absolute atomic E-state index is 12.8. The second kappa shape index (κ2) is 7.47. The Morgan fingerprint density at radius 1 is 0.900 bits per heavy atom. The Hall–Kier alpha value is -0.530. The van der Waals surface area contributed by atoms with Crippen LogP contribution in [-0.2, 0) is 9.53 Å². The predicted octanol–water partition coefficient (Wildman–Crippen LogP) is 5.74. The van der Waals surface area contributed by atoms with Gasteiger partial charge in [0.25, 0.3) is 0 Å². The molecule has 2 heteroatoms. The minimum absolute atomic E-state index is 0.0210. The summed E-state index contributed by atoms with van der Waals surface area (Å²) in [5.74, 6) is -0.0210. The van der Waals surface area contributed by atoms with Gasteiger partial charge in [0.1, 0.15) is 5.60 Å². The highest BCUT2D eigenvalue weighted by Gasteiger charge is 2.46. The number of hydrogen-bond acceptors (Lipinski definition) is 2. The van der Waals surface area contributed by atoms with Gasteiger partial charge in [-0.3, -0.25) is 4.79 Å². The normalized spacial score (nSPS) is 18.2. The molecule has 0 spiro atoms. The highest BCUT2D eigenvalue weighted by Crippen LogP contribution is 2.44. The molecule has 0 saturated carbocycles. The first kappa shape index (κ1) is 19.5. The molecule has 2 unspecified atom stereocenters. The smallest absolute Gasteiger partial charge is 0.312 e. The van der Waals surface area contributed by atoms with E-state index in [0.29, 0.717) is 0 Å². The minimum atomic E-state index is -0.412. The summed E-state index contributed by atoms with van der Waals surface area (Å²) in [5.41, 5.74) is -0.808. The van der Waals surface area contributed by atoms with E-state index in [1.54, 1.807) is 0 Å². The van der Waals surface area contributed by atoms with Gasteiger partial charge < -0.3 is 4.74 Å². The van der Waals surface area contributed by atoms with Gasteiger partial charge >= 0.3 is 5.97 Å². The van der Waals surface area contributed by atoms with Gasteiger partial charge in [0.2, 0.25) is 0 Å². The number of ether oxygens (including phenoxy) is 1. The molecule has 0 aliphatic heterocycles. The van der Waals surface area contributed by atoms with E-state index in [0.717, 1.165) is 38.5 Å². The molecule has 0 aliphatic carbocycles. The van der Waals surface area contributed by atoms with Crippen molar-refractivity contribution in [2.75, 3.05) is 0 Å². The summed E-state index contributed by atoms with van der Waals surface area (Å²) in [5, 5.41) is 0. The molecule has 0 heterocycles. The van der Waals surface area contributed by atoms with Crippen molar-refractivity contribution in [3.8, 4) is 0 Å². The Labute approximate surface area is 126 Å². The first-order valence-electron chi connectivity index (χ1n) is 8.29. The van der Waals surface area contributed by atoms with E-state index in [4.69, 9.17) is 4.74 Å². The Bertz CT molecular complexity index is 303. The summed E-state index contributed by atoms with van der Waals surface area (Å²) in [6.07, 6.45) is 5.96. The van der Waals surface area contributed by atoms with Crippen molar-refractivity contribution in [2.45, 2.75) is 99.5 Å². The van der Waals surface area contributed by atoms with Gasteiger partial charge in [0.05, 0.1) is 5.41 Å². The molecule has 0 fully saturated rings. The van der Waals surface area contributed by atoms with E-state index in [-0.39, 0.29) is 17.0 Å². The first-order valence-corrected chi connectivity index (χ1v) is 8.29. The third kappa shape index (κ3) is 4.79. The van der Waals surface area contributed by atoms with Crippen LogP contribution in [0.1, 0.15) is 93.9 Å². The zero-order valence-corrected chi connectivity index (χ0v) is 15.1. The molecule has 0 aromatic rings. The Morgan fingerprint density at radius 2 is 1.45 bits per heavy atom. The van der Waals surface area contributed by atoms with Crippen LogP contribution in [0.5, 0.6) is 0 Å². The predicted molar refractivity (Wildman–Crippen MR) is 86.8 cm³/mol. The zero-order chi connectivity index (χ0) is 16.0. The SMILES string of the molecule is CCCCC(C)(CC)OC(=O)C(C)(CCC)C(C)(C)C. The summed E-state index contributed by atoms with van der Waals surface area (Å²) < 4.78 is 5.99. The molecule has 120 valence electrons. The van der Waals surface area contributed by atoms with E-state index >= 15 is 0 Å². The van der Waals surface area contributed by atoms with Gasteiger partial charge in [-0.2, -0.15) is 0 Å². The third-order valence-corrected chi connectivity index (χ3v) is 5.00. The maximum Gasteiger partial charge on any atom is 0.312 e. The molecular weight excluding hydrogens is 248 g/mol. The Balaban J connectivity index is 5.09. The summed E-state index contributed by atoms with van der Waals surface area (Å²) in [7, 11) is 0. The fraction of sp³-hybridized carbons (Fsp3) is 0.944. The van der Waals surface area contributed by atoms with Crippen molar-refractivity contribution in [1.82, 2.24) is 0 Å². The van der Waals surface area contributed by atoms with Gasteiger partial charge in [-0.1, -0.05) is 54.4 Å². The molecule has 0 aliphatic rings. The van der Waals surface area contributed by atoms with Crippen LogP contribution in [0, 0.1) is 10.8 Å². The fourth-order valence-corrected chi connectivity index (χ4v) is 2.47. The van der Waals surface area contributed by atoms with Crippen LogP contribution in [0.2, 0.25) is 0 Å². The van der Waals surface area contributed by atoms with Crippen molar-refractivity contribution in [3.05, 3.63) is 0 Å². The van der Waals surface area contributed by atoms with E-state index < -0.39 is 5.41 Å². The van der Waals surface area contributed by atoms with Crippen molar-refractivity contribution in [2.24, 2.45) is 10.8 Å². The fourth-order valence-electron chi connectivity index (χ4n) is 2.47. The van der Waals surface area contributed by atoms with Gasteiger partial charge in [0.15, 0.2) is 0 Å². The summed E-state index contributed by atoms with van der Waals surface area (Å²) >= 11 is 0. The average molecular weight is 284 g/mol. The Kier molecular flexibility index (Phi) is 7.27. The summed E-state index contributed by atoms with van der Waals surface area (Å²) in [6.45, 7) is 17.0. The summed E-state index contributed by atoms with van der Waals surface area (Å²) in [6, 6.07) is 0. The minimum Gasteiger partial charge on any atom is -0.459 e. The summed E-state index contributed by atoms with van der Waals surface area (Å²) in [4.78, 5) is 12.8. The van der Waals surface area contributed by atoms with Crippen molar-refractivity contribution < 1.29 is 9.53 Å². The molecular formula is C18H36O2. The molecule has 0 saturated heterocycles. The van der Waals surface area contributed by atoms with Gasteiger partial charge in [-0.15, -0.1) is 0 Å². The van der Waals surface area contributed by atoms with Crippen molar-refractivity contribution in [1.29, 1.82) is 0 Å². The average Bonchev–Trinajstić information content (AvgIpc) is 2.35. The van der Waals surface area contributed by atoms with E-state index in [1.807, 2.05) is 0 Å². The van der Waals surface area contributed by atoms with Crippen LogP contribution in [-0.4, -0.2) is 11.6 Å². The molecule has 0 radical (unpaired) electrons. The molecule has 0 aromatic heterocycles. The highest BCUT2D eigenvalue weighted by atomic mass is 16.6. The van der Waals surface area contributed by atoms with Crippen LogP contribution in [0.4, 0.5) is 0 Å². The lowest BCUT2D eigenvalue weighted by Crippen LogP contribution is -2.45. The molecule has 0 bridgehead atoms. The molecule has 0 amide bonds. The lowest BCUT2D eigenvalue weighted by Gasteiger charge is -2.42. The number of esters is 1. The highest BCUT2D eigenvalue weighted by molar-refractivity contribution is 5.77. The van der Waals surface area contributed by atoms with E-state index in [9.17, 15) is 4.79 Å². The molecule has 0 rings (SSSR count). The van der Waals surface area contributed by atoms with E-state index in [2.05, 4.69) is 55.4 Å². The number of unbranched alkanes of at least 4 members (excludes halogenated alkanes) is 1. The Morgan fingerprint density at radius 3 is 1.80 bits per heavy atom. The molecule has 20 heavy (non-hydrogen) atoms. The molecule has 2 atom stereocenters. The number of carbonyl (C=O) groups excluding carboxylic acids is 1. The quantitative estimate of drug-likeness (QED) is 0.531. The standard InChI is InChI=1S/C18H36O2/c1-9-12-14-17(7,11-3)20-15(19)18(8,13-10-2)16(4,5)6/h9-14H2,1-8H3. The van der Waals surface area contributed by atoms with Crippen LogP contribution in [0.3, 0.4) is 0 Å². The number of hydrogen-bond donors (Lipinski definition) is 0. The van der Waals surface area contributed by atoms with Crippen LogP contribution < -0.4 is 0 Å². The lowest BCUT2D eigenvalue weighted by atomic mass is 9.65.